The van der Waals surface area contributed by atoms with E-state index >= 15 is 0 Å². The topological polar surface area (TPSA) is 116 Å². The molecule has 2 aromatic carbocycles. The molecule has 0 aliphatic carbocycles. The first-order valence-electron chi connectivity index (χ1n) is 7.07. The number of aromatic nitrogens is 1. The van der Waals surface area contributed by atoms with Crippen LogP contribution in [0, 0.1) is 28.5 Å². The van der Waals surface area contributed by atoms with Gasteiger partial charge in [0, 0.05) is 22.0 Å². The molecule has 0 saturated carbocycles. The third kappa shape index (κ3) is 2.96. The zero-order valence-electron chi connectivity index (χ0n) is 12.6. The van der Waals surface area contributed by atoms with Gasteiger partial charge in [-0.2, -0.15) is 0 Å². The molecule has 0 unspecified atom stereocenters. The van der Waals surface area contributed by atoms with Gasteiger partial charge in [-0.25, -0.2) is 4.39 Å². The van der Waals surface area contributed by atoms with Crippen molar-refractivity contribution in [1.82, 2.24) is 4.98 Å². The average Bonchev–Trinajstić information content (AvgIpc) is 2.94. The predicted molar refractivity (Wildman–Crippen MR) is 92.7 cm³/mol. The summed E-state index contributed by atoms with van der Waals surface area (Å²) in [6.45, 7) is 0. The van der Waals surface area contributed by atoms with Crippen molar-refractivity contribution < 1.29 is 4.39 Å². The number of amidine groups is 2. The Morgan fingerprint density at radius 3 is 2.42 bits per heavy atom. The first-order valence-corrected chi connectivity index (χ1v) is 7.07. The predicted octanol–water partition coefficient (Wildman–Crippen LogP) is 2.27. The highest BCUT2D eigenvalue weighted by Gasteiger charge is 2.05. The van der Waals surface area contributed by atoms with Gasteiger partial charge in [0.05, 0.1) is 11.3 Å². The van der Waals surface area contributed by atoms with Crippen molar-refractivity contribution in [3.8, 4) is 11.8 Å². The minimum Gasteiger partial charge on any atom is -0.384 e. The van der Waals surface area contributed by atoms with Gasteiger partial charge in [-0.05, 0) is 36.3 Å². The molecule has 0 aliphatic rings. The summed E-state index contributed by atoms with van der Waals surface area (Å²) in [6, 6.07) is 11.6. The van der Waals surface area contributed by atoms with E-state index in [0.29, 0.717) is 16.8 Å². The van der Waals surface area contributed by atoms with Crippen LogP contribution in [0.2, 0.25) is 0 Å². The number of nitrogens with one attached hydrogen (secondary N) is 3. The number of halogens is 1. The molecule has 1 heterocycles. The van der Waals surface area contributed by atoms with Crippen molar-refractivity contribution in [3.63, 3.8) is 0 Å². The third-order valence-corrected chi connectivity index (χ3v) is 3.53. The van der Waals surface area contributed by atoms with E-state index in [2.05, 4.69) is 16.8 Å². The van der Waals surface area contributed by atoms with Gasteiger partial charge in [-0.3, -0.25) is 10.8 Å². The van der Waals surface area contributed by atoms with Crippen LogP contribution < -0.4 is 11.5 Å². The zero-order chi connectivity index (χ0) is 17.3. The van der Waals surface area contributed by atoms with Crippen LogP contribution in [0.25, 0.3) is 10.9 Å². The zero-order valence-corrected chi connectivity index (χ0v) is 12.6. The minimum atomic E-state index is -0.572. The standard InChI is InChI=1S/C18H14FN5/c19-15-7-10(2-6-14(15)18(22)23)1-5-13-8-11-3-4-12(17(20)21)9-16(11)24-13/h2-4,6-9,24H,(H3,20,21)(H3,22,23). The van der Waals surface area contributed by atoms with Gasteiger partial charge >= 0.3 is 0 Å². The molecule has 5 nitrogen and oxygen atoms in total. The first kappa shape index (κ1) is 15.3. The Morgan fingerprint density at radius 2 is 1.75 bits per heavy atom. The Morgan fingerprint density at radius 1 is 0.958 bits per heavy atom. The van der Waals surface area contributed by atoms with E-state index in [1.165, 1.54) is 12.1 Å². The van der Waals surface area contributed by atoms with Gasteiger partial charge in [0.15, 0.2) is 0 Å². The molecule has 3 rings (SSSR count). The van der Waals surface area contributed by atoms with Crippen LogP contribution in [0.5, 0.6) is 0 Å². The molecule has 1 aromatic heterocycles. The highest BCUT2D eigenvalue weighted by molar-refractivity contribution is 5.98. The smallest absolute Gasteiger partial charge is 0.135 e. The second-order valence-electron chi connectivity index (χ2n) is 5.26. The highest BCUT2D eigenvalue weighted by atomic mass is 19.1. The second kappa shape index (κ2) is 5.89. The molecule has 0 radical (unpaired) electrons. The molecule has 7 N–H and O–H groups in total. The lowest BCUT2D eigenvalue weighted by Gasteiger charge is -2.00. The van der Waals surface area contributed by atoms with Crippen molar-refractivity contribution in [1.29, 1.82) is 10.8 Å². The molecule has 3 aromatic rings. The van der Waals surface area contributed by atoms with E-state index in [9.17, 15) is 4.39 Å². The fourth-order valence-corrected chi connectivity index (χ4v) is 2.31. The van der Waals surface area contributed by atoms with E-state index in [-0.39, 0.29) is 17.2 Å². The molecular formula is C18H14FN5. The van der Waals surface area contributed by atoms with Gasteiger partial charge in [-0.15, -0.1) is 0 Å². The van der Waals surface area contributed by atoms with E-state index in [1.54, 1.807) is 18.2 Å². The number of hydrogen-bond donors (Lipinski definition) is 5. The lowest BCUT2D eigenvalue weighted by Crippen LogP contribution is -2.13. The summed E-state index contributed by atoms with van der Waals surface area (Å²) >= 11 is 0. The Hall–Kier alpha value is -3.59. The van der Waals surface area contributed by atoms with Crippen LogP contribution >= 0.6 is 0 Å². The summed E-state index contributed by atoms with van der Waals surface area (Å²) in [5, 5.41) is 15.7. The van der Waals surface area contributed by atoms with Gasteiger partial charge in [0.25, 0.3) is 0 Å². The summed E-state index contributed by atoms with van der Waals surface area (Å²) in [5.41, 5.74) is 13.4. The summed E-state index contributed by atoms with van der Waals surface area (Å²) in [7, 11) is 0. The van der Waals surface area contributed by atoms with E-state index < -0.39 is 5.82 Å². The maximum absolute atomic E-state index is 13.8. The number of nitrogens with two attached hydrogens (primary N) is 2. The monoisotopic (exact) mass is 319 g/mol. The first-order chi connectivity index (χ1) is 11.4. The molecule has 0 bridgehead atoms. The van der Waals surface area contributed by atoms with E-state index in [0.717, 1.165) is 10.9 Å². The Kier molecular flexibility index (Phi) is 3.76. The van der Waals surface area contributed by atoms with Gasteiger partial charge in [0.2, 0.25) is 0 Å². The van der Waals surface area contributed by atoms with Crippen LogP contribution in [0.4, 0.5) is 4.39 Å². The lowest BCUT2D eigenvalue weighted by molar-refractivity contribution is 0.624. The summed E-state index contributed by atoms with van der Waals surface area (Å²) in [6.07, 6.45) is 0. The normalized spacial score (nSPS) is 10.2. The SMILES string of the molecule is N=C(N)c1ccc2cc(C#Cc3ccc(C(=N)N)c(F)c3)[nH]c2c1. The molecule has 0 aliphatic heterocycles. The number of aromatic amines is 1. The van der Waals surface area contributed by atoms with E-state index in [1.807, 2.05) is 12.1 Å². The van der Waals surface area contributed by atoms with Crippen LogP contribution in [0.15, 0.2) is 42.5 Å². The number of fused-ring (bicyclic) bond motifs is 1. The van der Waals surface area contributed by atoms with E-state index in [4.69, 9.17) is 22.3 Å². The van der Waals surface area contributed by atoms with Crippen LogP contribution in [-0.2, 0) is 0 Å². The fraction of sp³-hybridized carbons (Fsp3) is 0. The van der Waals surface area contributed by atoms with Gasteiger partial charge in [-0.1, -0.05) is 18.1 Å². The molecule has 0 amide bonds. The van der Waals surface area contributed by atoms with Crippen LogP contribution in [0.3, 0.4) is 0 Å². The summed E-state index contributed by atoms with van der Waals surface area (Å²) in [5.74, 6) is 4.91. The molecule has 0 fully saturated rings. The molecular weight excluding hydrogens is 305 g/mol. The maximum atomic E-state index is 13.8. The molecule has 0 saturated heterocycles. The highest BCUT2D eigenvalue weighted by Crippen LogP contribution is 2.17. The maximum Gasteiger partial charge on any atom is 0.135 e. The number of benzene rings is 2. The lowest BCUT2D eigenvalue weighted by atomic mass is 10.1. The number of nitrogen functional groups attached to an aromatic ring is 2. The Balaban J connectivity index is 1.93. The Labute approximate surface area is 137 Å². The van der Waals surface area contributed by atoms with Crippen molar-refractivity contribution in [2.45, 2.75) is 0 Å². The largest absolute Gasteiger partial charge is 0.384 e. The summed E-state index contributed by atoms with van der Waals surface area (Å²) in [4.78, 5) is 3.13. The third-order valence-electron chi connectivity index (χ3n) is 3.53. The second-order valence-corrected chi connectivity index (χ2v) is 5.26. The molecule has 6 heteroatoms. The molecule has 24 heavy (non-hydrogen) atoms. The number of hydrogen-bond acceptors (Lipinski definition) is 2. The van der Waals surface area contributed by atoms with Crippen molar-refractivity contribution in [2.75, 3.05) is 0 Å². The average molecular weight is 319 g/mol. The van der Waals surface area contributed by atoms with Crippen molar-refractivity contribution in [2.24, 2.45) is 11.5 Å². The molecule has 118 valence electrons. The Bertz CT molecular complexity index is 1040. The molecule has 0 spiro atoms. The van der Waals surface area contributed by atoms with Gasteiger partial charge < -0.3 is 16.5 Å². The van der Waals surface area contributed by atoms with Crippen molar-refractivity contribution in [3.05, 3.63) is 70.7 Å². The fourth-order valence-electron chi connectivity index (χ4n) is 2.31. The minimum absolute atomic E-state index is 0.000158. The van der Waals surface area contributed by atoms with Crippen LogP contribution in [0.1, 0.15) is 22.4 Å². The molecule has 0 atom stereocenters. The number of H-pyrrole nitrogens is 1. The van der Waals surface area contributed by atoms with Crippen molar-refractivity contribution >= 4 is 22.6 Å². The van der Waals surface area contributed by atoms with Crippen LogP contribution in [-0.4, -0.2) is 16.7 Å². The quantitative estimate of drug-likeness (QED) is 0.283. The van der Waals surface area contributed by atoms with Gasteiger partial charge in [0.1, 0.15) is 17.5 Å². The number of rotatable bonds is 2. The summed E-state index contributed by atoms with van der Waals surface area (Å²) < 4.78 is 13.8.